The number of hydrogen-bond donors (Lipinski definition) is 0. The van der Waals surface area contributed by atoms with Crippen LogP contribution in [0, 0.1) is 23.3 Å². The molecule has 0 unspecified atom stereocenters. The van der Waals surface area contributed by atoms with Crippen molar-refractivity contribution >= 4 is 14.0 Å². The van der Waals surface area contributed by atoms with Crippen LogP contribution in [0.4, 0.5) is 27.7 Å². The molecule has 0 radical (unpaired) electrons. The van der Waals surface area contributed by atoms with Crippen molar-refractivity contribution in [2.45, 2.75) is 19.6 Å². The molecule has 0 aromatic heterocycles. The van der Waals surface area contributed by atoms with E-state index in [0.717, 1.165) is 0 Å². The normalized spacial score (nSPS) is 11.3. The first-order valence-electron chi connectivity index (χ1n) is 5.03. The van der Waals surface area contributed by atoms with Gasteiger partial charge in [-0.2, -0.15) is 0 Å². The third-order valence-corrected chi connectivity index (χ3v) is 10.4. The van der Waals surface area contributed by atoms with E-state index < -0.39 is 55.0 Å². The SMILES string of the molecule is C[Si](C)(C)[O][Zn][N](F)c1cc(F)c(F)c(F)c1F. The summed E-state index contributed by atoms with van der Waals surface area (Å²) in [7, 11) is -1.99. The maximum atomic E-state index is 13.5. The Morgan fingerprint density at radius 3 is 2.11 bits per heavy atom. The molecule has 0 bridgehead atoms. The van der Waals surface area contributed by atoms with E-state index >= 15 is 0 Å². The van der Waals surface area contributed by atoms with Gasteiger partial charge in [0.2, 0.25) is 0 Å². The van der Waals surface area contributed by atoms with Crippen LogP contribution in [0.15, 0.2) is 6.07 Å². The Morgan fingerprint density at radius 1 is 1.06 bits per heavy atom. The second-order valence-electron chi connectivity index (χ2n) is 4.57. The first kappa shape index (κ1) is 15.5. The topological polar surface area (TPSA) is 12.5 Å². The number of rotatable bonds is 4. The Bertz CT molecular complexity index is 454. The molecule has 0 spiro atoms. The zero-order valence-corrected chi connectivity index (χ0v) is 14.0. The molecule has 0 atom stereocenters. The fraction of sp³-hybridized carbons (Fsp3) is 0.333. The van der Waals surface area contributed by atoms with Crippen molar-refractivity contribution < 1.29 is 43.0 Å². The van der Waals surface area contributed by atoms with E-state index in [1.54, 1.807) is 19.6 Å². The Labute approximate surface area is 110 Å². The second kappa shape index (κ2) is 5.63. The number of halogens is 5. The fourth-order valence-electron chi connectivity index (χ4n) is 1.06. The zero-order valence-electron chi connectivity index (χ0n) is 10.0. The summed E-state index contributed by atoms with van der Waals surface area (Å²) in [6.45, 7) is 5.40. The molecule has 0 saturated carbocycles. The molecule has 0 N–H and O–H groups in total. The molecule has 0 aliphatic heterocycles. The summed E-state index contributed by atoms with van der Waals surface area (Å²) in [6, 6.07) is 0.284. The minimum absolute atomic E-state index is 0.119. The summed E-state index contributed by atoms with van der Waals surface area (Å²) >= 11 is -2.46. The minimum atomic E-state index is -2.46. The first-order valence-corrected chi connectivity index (χ1v) is 11.0. The van der Waals surface area contributed by atoms with Gasteiger partial charge in [0.05, 0.1) is 0 Å². The summed E-state index contributed by atoms with van der Waals surface area (Å²) in [5.41, 5.74) is -0.954. The summed E-state index contributed by atoms with van der Waals surface area (Å²) in [4.78, 5) is 0. The van der Waals surface area contributed by atoms with Crippen LogP contribution in [0.2, 0.25) is 19.6 Å². The molecule has 9 heteroatoms. The summed E-state index contributed by atoms with van der Waals surface area (Å²) in [6.07, 6.45) is 0. The van der Waals surface area contributed by atoms with Gasteiger partial charge in [-0.15, -0.1) is 0 Å². The van der Waals surface area contributed by atoms with Crippen molar-refractivity contribution in [3.63, 3.8) is 0 Å². The maximum absolute atomic E-state index is 13.5. The van der Waals surface area contributed by atoms with E-state index in [-0.39, 0.29) is 9.93 Å². The van der Waals surface area contributed by atoms with Crippen LogP contribution in [0.3, 0.4) is 0 Å². The van der Waals surface area contributed by atoms with Gasteiger partial charge in [-0.25, -0.2) is 0 Å². The van der Waals surface area contributed by atoms with Crippen LogP contribution in [0.25, 0.3) is 0 Å². The molecule has 98 valence electrons. The number of anilines is 1. The van der Waals surface area contributed by atoms with Crippen LogP contribution in [-0.2, 0) is 21.0 Å². The summed E-state index contributed by atoms with van der Waals surface area (Å²) in [5, 5.41) is 0. The van der Waals surface area contributed by atoms with Gasteiger partial charge in [0.15, 0.2) is 0 Å². The molecule has 2 nitrogen and oxygen atoms in total. The van der Waals surface area contributed by atoms with E-state index in [1.807, 2.05) is 0 Å². The van der Waals surface area contributed by atoms with Gasteiger partial charge in [0.1, 0.15) is 0 Å². The molecule has 0 heterocycles. The molecule has 1 aromatic carbocycles. The molecule has 0 aliphatic carbocycles. The Morgan fingerprint density at radius 2 is 1.61 bits per heavy atom. The molecule has 0 saturated heterocycles. The van der Waals surface area contributed by atoms with Gasteiger partial charge in [0.25, 0.3) is 0 Å². The zero-order chi connectivity index (χ0) is 14.1. The fourth-order valence-corrected chi connectivity index (χ4v) is 5.48. The number of hydrogen-bond acceptors (Lipinski definition) is 2. The van der Waals surface area contributed by atoms with Crippen molar-refractivity contribution in [2.24, 2.45) is 0 Å². The average Bonchev–Trinajstić information content (AvgIpc) is 2.27. The monoisotopic (exact) mass is 335 g/mol. The van der Waals surface area contributed by atoms with E-state index in [2.05, 4.69) is 0 Å². The van der Waals surface area contributed by atoms with E-state index in [4.69, 9.17) is 3.25 Å². The van der Waals surface area contributed by atoms with Crippen LogP contribution in [0.5, 0.6) is 0 Å². The average molecular weight is 337 g/mol. The van der Waals surface area contributed by atoms with Crippen molar-refractivity contribution in [1.82, 2.24) is 0 Å². The van der Waals surface area contributed by atoms with Gasteiger partial charge < -0.3 is 0 Å². The van der Waals surface area contributed by atoms with Gasteiger partial charge in [-0.1, -0.05) is 0 Å². The Kier molecular flexibility index (Phi) is 4.85. The molecule has 1 rings (SSSR count). The quantitative estimate of drug-likeness (QED) is 0.273. The van der Waals surface area contributed by atoms with Gasteiger partial charge in [-0.3, -0.25) is 0 Å². The van der Waals surface area contributed by atoms with Crippen LogP contribution in [-0.4, -0.2) is 8.32 Å². The van der Waals surface area contributed by atoms with Crippen molar-refractivity contribution in [3.8, 4) is 0 Å². The standard InChI is InChI=1S/C6HF5N.C3H9OSi.Zn/c7-2-1-3(12-11)5(9)6(10)4(2)8;1-5(2,3)4;/h1H;1-3H3;/q2*-1;+2. The first-order chi connectivity index (χ1) is 8.13. The summed E-state index contributed by atoms with van der Waals surface area (Å²) < 4.78 is 70.4. The molecule has 1 aromatic rings. The van der Waals surface area contributed by atoms with Crippen LogP contribution >= 0.6 is 0 Å². The molecule has 0 aliphatic rings. The van der Waals surface area contributed by atoms with Crippen LogP contribution in [0.1, 0.15) is 0 Å². The van der Waals surface area contributed by atoms with Crippen molar-refractivity contribution in [3.05, 3.63) is 29.3 Å². The third-order valence-electron chi connectivity index (χ3n) is 1.96. The molecule has 0 fully saturated rings. The molecular weight excluding hydrogens is 327 g/mol. The van der Waals surface area contributed by atoms with E-state index in [1.165, 1.54) is 0 Å². The summed E-state index contributed by atoms with van der Waals surface area (Å²) in [5.74, 6) is -7.37. The number of benzene rings is 1. The second-order valence-corrected chi connectivity index (χ2v) is 12.6. The van der Waals surface area contributed by atoms with Crippen molar-refractivity contribution in [1.29, 1.82) is 0 Å². The predicted octanol–water partition coefficient (Wildman–Crippen LogP) is 3.70. The molecular formula is C9H10F5NOSiZn. The van der Waals surface area contributed by atoms with Gasteiger partial charge >= 0.3 is 110 Å². The van der Waals surface area contributed by atoms with Crippen molar-refractivity contribution in [2.75, 3.05) is 3.86 Å². The van der Waals surface area contributed by atoms with E-state index in [9.17, 15) is 22.0 Å². The van der Waals surface area contributed by atoms with Gasteiger partial charge in [-0.05, 0) is 0 Å². The number of nitrogens with zero attached hydrogens (tertiary/aromatic N) is 1. The van der Waals surface area contributed by atoms with Gasteiger partial charge in [0, 0.05) is 0 Å². The third kappa shape index (κ3) is 3.73. The molecule has 0 amide bonds. The molecule has 18 heavy (non-hydrogen) atoms. The van der Waals surface area contributed by atoms with Crippen LogP contribution < -0.4 is 3.86 Å². The Balaban J connectivity index is 2.96. The predicted molar refractivity (Wildman–Crippen MR) is 54.3 cm³/mol. The van der Waals surface area contributed by atoms with E-state index in [0.29, 0.717) is 0 Å². The Hall–Kier alpha value is -0.530.